The second-order valence-electron chi connectivity index (χ2n) is 11.0. The Bertz CT molecular complexity index is 976. The minimum atomic E-state index is -0.481. The summed E-state index contributed by atoms with van der Waals surface area (Å²) in [5.74, 6) is -0.564. The molecule has 306 valence electrons. The zero-order valence-electron chi connectivity index (χ0n) is 31.1. The predicted molar refractivity (Wildman–Crippen MR) is 188 cm³/mol. The number of hydrogen-bond acceptors (Lipinski definition) is 15. The van der Waals surface area contributed by atoms with Gasteiger partial charge in [-0.15, -0.1) is 0 Å². The van der Waals surface area contributed by atoms with Crippen molar-refractivity contribution in [3.8, 4) is 0 Å². The first kappa shape index (κ1) is 46.9. The lowest BCUT2D eigenvalue weighted by atomic mass is 10.1. The van der Waals surface area contributed by atoms with Gasteiger partial charge in [0.05, 0.1) is 189 Å². The zero-order chi connectivity index (χ0) is 37.7. The van der Waals surface area contributed by atoms with Gasteiger partial charge in [0.1, 0.15) is 6.67 Å². The Labute approximate surface area is 312 Å². The summed E-state index contributed by atoms with van der Waals surface area (Å²) in [6.07, 6.45) is 0. The number of alkyl halides is 1. The van der Waals surface area contributed by atoms with Crippen molar-refractivity contribution in [2.24, 2.45) is 0 Å². The van der Waals surface area contributed by atoms with E-state index in [-0.39, 0.29) is 31.6 Å². The molecule has 2 amide bonds. The molecule has 1 aromatic carbocycles. The number of fused-ring (bicyclic) bond motifs is 1. The Balaban J connectivity index is 1.15. The first-order valence-electron chi connectivity index (χ1n) is 18.3. The lowest BCUT2D eigenvalue weighted by Gasteiger charge is -2.13. The van der Waals surface area contributed by atoms with Crippen LogP contribution in [-0.2, 0) is 61.6 Å². The second-order valence-corrected chi connectivity index (χ2v) is 11.0. The van der Waals surface area contributed by atoms with E-state index in [1.807, 2.05) is 0 Å². The Kier molecular flexibility index (Phi) is 31.4. The van der Waals surface area contributed by atoms with E-state index in [2.05, 4.69) is 0 Å². The SMILES string of the molecule is O=C1c2ccccc2C(=O)N1CCOCCOCCOCCOCCOCCOCCOCCOCCOCCOCCOCCOCCOCCF. The molecular weight excluding hydrogens is 705 g/mol. The molecule has 1 aromatic rings. The molecule has 17 heteroatoms. The highest BCUT2D eigenvalue weighted by atomic mass is 19.1. The van der Waals surface area contributed by atoms with Gasteiger partial charge in [-0.2, -0.15) is 0 Å². The van der Waals surface area contributed by atoms with Crippen LogP contribution in [0.3, 0.4) is 0 Å². The van der Waals surface area contributed by atoms with Gasteiger partial charge in [0.25, 0.3) is 11.8 Å². The number of rotatable bonds is 41. The van der Waals surface area contributed by atoms with E-state index >= 15 is 0 Å². The molecule has 2 rings (SSSR count). The molecule has 0 bridgehead atoms. The lowest BCUT2D eigenvalue weighted by molar-refractivity contribution is -0.0291. The van der Waals surface area contributed by atoms with Gasteiger partial charge < -0.3 is 61.6 Å². The number of carbonyl (C=O) groups excluding carboxylic acids is 2. The van der Waals surface area contributed by atoms with Crippen molar-refractivity contribution < 1.29 is 75.6 Å². The van der Waals surface area contributed by atoms with Crippen molar-refractivity contribution in [2.45, 2.75) is 0 Å². The van der Waals surface area contributed by atoms with Crippen LogP contribution in [0.2, 0.25) is 0 Å². The molecule has 0 unspecified atom stereocenters. The number of ether oxygens (including phenoxy) is 13. The van der Waals surface area contributed by atoms with Crippen LogP contribution in [0.25, 0.3) is 0 Å². The molecule has 0 aliphatic carbocycles. The third-order valence-corrected chi connectivity index (χ3v) is 7.02. The minimum Gasteiger partial charge on any atom is -0.377 e. The number of amides is 2. The summed E-state index contributed by atoms with van der Waals surface area (Å²) < 4.78 is 82.2. The number of halogens is 1. The fourth-order valence-corrected chi connectivity index (χ4v) is 4.39. The van der Waals surface area contributed by atoms with Crippen LogP contribution in [0.5, 0.6) is 0 Å². The fourth-order valence-electron chi connectivity index (χ4n) is 4.39. The number of benzene rings is 1. The number of carbonyl (C=O) groups is 2. The molecule has 1 heterocycles. The summed E-state index contributed by atoms with van der Waals surface area (Å²) in [7, 11) is 0. The summed E-state index contributed by atoms with van der Waals surface area (Å²) in [6.45, 7) is 11.1. The van der Waals surface area contributed by atoms with E-state index in [1.165, 1.54) is 4.90 Å². The van der Waals surface area contributed by atoms with Gasteiger partial charge in [-0.25, -0.2) is 4.39 Å². The highest BCUT2D eigenvalue weighted by Gasteiger charge is 2.34. The Morgan fingerprint density at radius 3 is 0.774 bits per heavy atom. The van der Waals surface area contributed by atoms with E-state index in [1.54, 1.807) is 24.3 Å². The van der Waals surface area contributed by atoms with Crippen LogP contribution in [0.4, 0.5) is 4.39 Å². The average molecular weight is 766 g/mol. The highest BCUT2D eigenvalue weighted by Crippen LogP contribution is 2.21. The molecule has 0 N–H and O–H groups in total. The van der Waals surface area contributed by atoms with E-state index in [0.29, 0.717) is 170 Å². The van der Waals surface area contributed by atoms with Crippen molar-refractivity contribution in [1.82, 2.24) is 4.90 Å². The largest absolute Gasteiger partial charge is 0.377 e. The fraction of sp³-hybridized carbons (Fsp3) is 0.778. The van der Waals surface area contributed by atoms with E-state index in [9.17, 15) is 14.0 Å². The molecule has 0 saturated carbocycles. The molecule has 53 heavy (non-hydrogen) atoms. The highest BCUT2D eigenvalue weighted by molar-refractivity contribution is 6.21. The van der Waals surface area contributed by atoms with E-state index < -0.39 is 6.67 Å². The Morgan fingerprint density at radius 1 is 0.340 bits per heavy atom. The van der Waals surface area contributed by atoms with Crippen LogP contribution < -0.4 is 0 Å². The topological polar surface area (TPSA) is 157 Å². The third-order valence-electron chi connectivity index (χ3n) is 7.02. The Morgan fingerprint density at radius 2 is 0.547 bits per heavy atom. The standard InChI is InChI=1S/C36H60FNO15/c37-5-7-41-9-11-43-13-15-45-17-19-47-21-23-49-25-27-51-29-31-53-32-30-52-28-26-50-24-22-48-20-18-46-16-14-44-12-10-42-8-6-38-35(39)33-3-1-2-4-34(33)36(38)40/h1-4H,5-32H2. The molecule has 16 nitrogen and oxygen atoms in total. The summed E-state index contributed by atoms with van der Waals surface area (Å²) >= 11 is 0. The van der Waals surface area contributed by atoms with Gasteiger partial charge in [-0.05, 0) is 12.1 Å². The smallest absolute Gasteiger partial charge is 0.261 e. The monoisotopic (exact) mass is 765 g/mol. The molecule has 0 saturated heterocycles. The van der Waals surface area contributed by atoms with Crippen LogP contribution in [0.1, 0.15) is 20.7 Å². The van der Waals surface area contributed by atoms with Crippen LogP contribution in [-0.4, -0.2) is 202 Å². The summed E-state index contributed by atoms with van der Waals surface area (Å²) in [4.78, 5) is 25.8. The van der Waals surface area contributed by atoms with Crippen LogP contribution in [0, 0.1) is 0 Å². The first-order chi connectivity index (χ1) is 26.3. The quantitative estimate of drug-likeness (QED) is 0.0697. The van der Waals surface area contributed by atoms with Gasteiger partial charge in [-0.3, -0.25) is 14.5 Å². The second kappa shape index (κ2) is 35.5. The zero-order valence-corrected chi connectivity index (χ0v) is 31.1. The van der Waals surface area contributed by atoms with Crippen molar-refractivity contribution in [3.05, 3.63) is 35.4 Å². The maximum atomic E-state index is 12.3. The van der Waals surface area contributed by atoms with Gasteiger partial charge in [0.15, 0.2) is 0 Å². The minimum absolute atomic E-state index is 0.106. The summed E-state index contributed by atoms with van der Waals surface area (Å²) in [5.41, 5.74) is 0.876. The summed E-state index contributed by atoms with van der Waals surface area (Å²) in [5, 5.41) is 0. The lowest BCUT2D eigenvalue weighted by Crippen LogP contribution is -2.33. The molecule has 0 spiro atoms. The van der Waals surface area contributed by atoms with Crippen LogP contribution >= 0.6 is 0 Å². The normalized spacial score (nSPS) is 12.7. The summed E-state index contributed by atoms with van der Waals surface area (Å²) in [6, 6.07) is 6.81. The average Bonchev–Trinajstić information content (AvgIpc) is 3.42. The molecule has 0 radical (unpaired) electrons. The predicted octanol–water partition coefficient (Wildman–Crippen LogP) is 1.47. The van der Waals surface area contributed by atoms with E-state index in [4.69, 9.17) is 61.6 Å². The number of nitrogens with zero attached hydrogens (tertiary/aromatic N) is 1. The molecule has 1 aliphatic heterocycles. The molecular formula is C36H60FNO15. The van der Waals surface area contributed by atoms with Crippen molar-refractivity contribution in [1.29, 1.82) is 0 Å². The molecule has 0 fully saturated rings. The molecule has 1 aliphatic rings. The molecule has 0 atom stereocenters. The number of imide groups is 1. The maximum absolute atomic E-state index is 12.3. The van der Waals surface area contributed by atoms with Crippen LogP contribution in [0.15, 0.2) is 24.3 Å². The molecule has 0 aromatic heterocycles. The van der Waals surface area contributed by atoms with Gasteiger partial charge in [-0.1, -0.05) is 12.1 Å². The third kappa shape index (κ3) is 25.5. The van der Waals surface area contributed by atoms with Gasteiger partial charge in [0, 0.05) is 0 Å². The van der Waals surface area contributed by atoms with Crippen molar-refractivity contribution >= 4 is 11.8 Å². The van der Waals surface area contributed by atoms with Gasteiger partial charge >= 0.3 is 0 Å². The van der Waals surface area contributed by atoms with Crippen molar-refractivity contribution in [2.75, 3.05) is 185 Å². The maximum Gasteiger partial charge on any atom is 0.261 e. The van der Waals surface area contributed by atoms with Gasteiger partial charge in [0.2, 0.25) is 0 Å². The van der Waals surface area contributed by atoms with Crippen molar-refractivity contribution in [3.63, 3.8) is 0 Å². The first-order valence-corrected chi connectivity index (χ1v) is 18.3. The van der Waals surface area contributed by atoms with E-state index in [0.717, 1.165) is 0 Å². The number of hydrogen-bond donors (Lipinski definition) is 0. The Hall–Kier alpha value is -2.23.